The predicted octanol–water partition coefficient (Wildman–Crippen LogP) is 1.97. The summed E-state index contributed by atoms with van der Waals surface area (Å²) in [4.78, 5) is 22.4. The van der Waals surface area contributed by atoms with Crippen LogP contribution in [-0.2, 0) is 9.59 Å². The molecule has 0 radical (unpaired) electrons. The summed E-state index contributed by atoms with van der Waals surface area (Å²) in [6, 6.07) is 4.44. The quantitative estimate of drug-likeness (QED) is 0.844. The molecule has 1 aliphatic rings. The van der Waals surface area contributed by atoms with E-state index in [4.69, 9.17) is 5.11 Å². The van der Waals surface area contributed by atoms with E-state index in [-0.39, 0.29) is 18.0 Å². The van der Waals surface area contributed by atoms with Crippen LogP contribution in [0.2, 0.25) is 0 Å². The van der Waals surface area contributed by atoms with Crippen molar-refractivity contribution in [3.05, 3.63) is 29.6 Å². The fourth-order valence-corrected chi connectivity index (χ4v) is 2.00. The number of carbonyl (C=O) groups excluding carboxylic acids is 1. The number of benzene rings is 1. The number of para-hydroxylation sites is 1. The third kappa shape index (κ3) is 2.00. The standard InChI is InChI=1S/C12H12FNO3/c1-6(12(16)17)5-8-7-3-2-4-9(13)10(7)14-11(8)15/h2-4,6,8H,5H2,1H3,(H,14,15)(H,16,17). The van der Waals surface area contributed by atoms with Gasteiger partial charge in [0.05, 0.1) is 17.5 Å². The van der Waals surface area contributed by atoms with Gasteiger partial charge < -0.3 is 10.4 Å². The maximum Gasteiger partial charge on any atom is 0.306 e. The maximum absolute atomic E-state index is 13.4. The van der Waals surface area contributed by atoms with Crippen LogP contribution < -0.4 is 5.32 Å². The van der Waals surface area contributed by atoms with Gasteiger partial charge in [0, 0.05) is 0 Å². The van der Waals surface area contributed by atoms with Gasteiger partial charge in [-0.05, 0) is 18.1 Å². The first-order valence-corrected chi connectivity index (χ1v) is 5.32. The molecule has 0 saturated carbocycles. The normalized spacial score (nSPS) is 19.6. The van der Waals surface area contributed by atoms with Crippen LogP contribution in [0.3, 0.4) is 0 Å². The van der Waals surface area contributed by atoms with Crippen LogP contribution in [0.1, 0.15) is 24.8 Å². The van der Waals surface area contributed by atoms with Crippen LogP contribution in [0.25, 0.3) is 0 Å². The Morgan fingerprint density at radius 2 is 2.29 bits per heavy atom. The molecule has 1 heterocycles. The Morgan fingerprint density at radius 1 is 1.59 bits per heavy atom. The number of carboxylic acid groups (broad SMARTS) is 1. The molecule has 1 aromatic carbocycles. The van der Waals surface area contributed by atoms with E-state index in [0.717, 1.165) is 0 Å². The number of carboxylic acids is 1. The second kappa shape index (κ2) is 4.16. The fourth-order valence-electron chi connectivity index (χ4n) is 2.00. The van der Waals surface area contributed by atoms with Crippen molar-refractivity contribution in [2.75, 3.05) is 5.32 Å². The first-order chi connectivity index (χ1) is 8.00. The lowest BCUT2D eigenvalue weighted by Crippen LogP contribution is -2.19. The SMILES string of the molecule is CC(CC1C(=O)Nc2c(F)cccc21)C(=O)O. The number of hydrogen-bond acceptors (Lipinski definition) is 2. The molecule has 0 saturated heterocycles. The molecular formula is C12H12FNO3. The van der Waals surface area contributed by atoms with Gasteiger partial charge in [-0.3, -0.25) is 9.59 Å². The summed E-state index contributed by atoms with van der Waals surface area (Å²) in [7, 11) is 0. The zero-order valence-corrected chi connectivity index (χ0v) is 9.24. The van der Waals surface area contributed by atoms with Crippen LogP contribution in [0.4, 0.5) is 10.1 Å². The molecular weight excluding hydrogens is 225 g/mol. The Kier molecular flexibility index (Phi) is 2.83. The lowest BCUT2D eigenvalue weighted by molar-refractivity contribution is -0.141. The minimum Gasteiger partial charge on any atom is -0.481 e. The van der Waals surface area contributed by atoms with Gasteiger partial charge in [-0.15, -0.1) is 0 Å². The highest BCUT2D eigenvalue weighted by molar-refractivity contribution is 6.03. The van der Waals surface area contributed by atoms with Crippen molar-refractivity contribution in [3.63, 3.8) is 0 Å². The van der Waals surface area contributed by atoms with E-state index in [1.807, 2.05) is 0 Å². The molecule has 2 unspecified atom stereocenters. The van der Waals surface area contributed by atoms with Gasteiger partial charge in [0.25, 0.3) is 0 Å². The topological polar surface area (TPSA) is 66.4 Å². The molecule has 0 aliphatic carbocycles. The highest BCUT2D eigenvalue weighted by Crippen LogP contribution is 2.37. The van der Waals surface area contributed by atoms with E-state index in [2.05, 4.69) is 5.32 Å². The second-order valence-corrected chi connectivity index (χ2v) is 4.22. The lowest BCUT2D eigenvalue weighted by atomic mass is 9.90. The molecule has 1 amide bonds. The number of nitrogens with one attached hydrogen (secondary N) is 1. The van der Waals surface area contributed by atoms with Crippen LogP contribution in [0, 0.1) is 11.7 Å². The summed E-state index contributed by atoms with van der Waals surface area (Å²) in [6.07, 6.45) is 0.178. The van der Waals surface area contributed by atoms with Crippen molar-refractivity contribution in [2.24, 2.45) is 5.92 Å². The summed E-state index contributed by atoms with van der Waals surface area (Å²) in [5, 5.41) is 11.3. The van der Waals surface area contributed by atoms with Crippen LogP contribution in [0.5, 0.6) is 0 Å². The van der Waals surface area contributed by atoms with E-state index in [9.17, 15) is 14.0 Å². The van der Waals surface area contributed by atoms with Crippen molar-refractivity contribution in [1.82, 2.24) is 0 Å². The van der Waals surface area contributed by atoms with E-state index < -0.39 is 23.6 Å². The average Bonchev–Trinajstić information content (AvgIpc) is 2.58. The van der Waals surface area contributed by atoms with Crippen LogP contribution in [-0.4, -0.2) is 17.0 Å². The van der Waals surface area contributed by atoms with E-state index in [1.165, 1.54) is 19.1 Å². The second-order valence-electron chi connectivity index (χ2n) is 4.22. The molecule has 0 bridgehead atoms. The molecule has 0 fully saturated rings. The number of rotatable bonds is 3. The van der Waals surface area contributed by atoms with Gasteiger partial charge in [-0.1, -0.05) is 19.1 Å². The average molecular weight is 237 g/mol. The van der Waals surface area contributed by atoms with Crippen molar-refractivity contribution in [1.29, 1.82) is 0 Å². The van der Waals surface area contributed by atoms with Crippen molar-refractivity contribution < 1.29 is 19.1 Å². The fraction of sp³-hybridized carbons (Fsp3) is 0.333. The van der Waals surface area contributed by atoms with Crippen molar-refractivity contribution in [3.8, 4) is 0 Å². The molecule has 90 valence electrons. The highest BCUT2D eigenvalue weighted by atomic mass is 19.1. The predicted molar refractivity (Wildman–Crippen MR) is 59.2 cm³/mol. The Balaban J connectivity index is 2.29. The first kappa shape index (κ1) is 11.6. The van der Waals surface area contributed by atoms with E-state index >= 15 is 0 Å². The Bertz CT molecular complexity index is 487. The Morgan fingerprint density at radius 3 is 2.94 bits per heavy atom. The molecule has 0 aromatic heterocycles. The summed E-state index contributed by atoms with van der Waals surface area (Å²) < 4.78 is 13.4. The monoisotopic (exact) mass is 237 g/mol. The summed E-state index contributed by atoms with van der Waals surface area (Å²) in [5.74, 6) is -2.99. The largest absolute Gasteiger partial charge is 0.481 e. The number of fused-ring (bicyclic) bond motifs is 1. The number of aliphatic carboxylic acids is 1. The lowest BCUT2D eigenvalue weighted by Gasteiger charge is -2.11. The van der Waals surface area contributed by atoms with Gasteiger partial charge in [0.15, 0.2) is 0 Å². The van der Waals surface area contributed by atoms with Gasteiger partial charge in [0.2, 0.25) is 5.91 Å². The van der Waals surface area contributed by atoms with Crippen molar-refractivity contribution in [2.45, 2.75) is 19.3 Å². The maximum atomic E-state index is 13.4. The number of hydrogen-bond donors (Lipinski definition) is 2. The third-order valence-electron chi connectivity index (χ3n) is 3.00. The van der Waals surface area contributed by atoms with E-state index in [1.54, 1.807) is 6.07 Å². The van der Waals surface area contributed by atoms with Gasteiger partial charge in [-0.2, -0.15) is 0 Å². The number of amides is 1. The first-order valence-electron chi connectivity index (χ1n) is 5.32. The van der Waals surface area contributed by atoms with Crippen LogP contribution in [0.15, 0.2) is 18.2 Å². The minimum absolute atomic E-state index is 0.178. The van der Waals surface area contributed by atoms with Gasteiger partial charge >= 0.3 is 5.97 Å². The van der Waals surface area contributed by atoms with Gasteiger partial charge in [0.1, 0.15) is 5.82 Å². The molecule has 2 rings (SSSR count). The third-order valence-corrected chi connectivity index (χ3v) is 3.00. The number of anilines is 1. The molecule has 1 aromatic rings. The Hall–Kier alpha value is -1.91. The smallest absolute Gasteiger partial charge is 0.306 e. The Labute approximate surface area is 97.4 Å². The van der Waals surface area contributed by atoms with Crippen molar-refractivity contribution >= 4 is 17.6 Å². The molecule has 0 spiro atoms. The van der Waals surface area contributed by atoms with E-state index in [0.29, 0.717) is 5.56 Å². The zero-order valence-electron chi connectivity index (χ0n) is 9.24. The number of halogens is 1. The summed E-state index contributed by atoms with van der Waals surface area (Å²) in [5.41, 5.74) is 0.725. The molecule has 5 heteroatoms. The highest BCUT2D eigenvalue weighted by Gasteiger charge is 2.34. The molecule has 2 N–H and O–H groups in total. The molecule has 4 nitrogen and oxygen atoms in total. The molecule has 1 aliphatic heterocycles. The number of carbonyl (C=O) groups is 2. The molecule has 17 heavy (non-hydrogen) atoms. The minimum atomic E-state index is -0.956. The summed E-state index contributed by atoms with van der Waals surface area (Å²) in [6.45, 7) is 1.53. The van der Waals surface area contributed by atoms with Crippen LogP contribution >= 0.6 is 0 Å². The van der Waals surface area contributed by atoms with Gasteiger partial charge in [-0.25, -0.2) is 4.39 Å². The molecule has 2 atom stereocenters. The zero-order chi connectivity index (χ0) is 12.6. The summed E-state index contributed by atoms with van der Waals surface area (Å²) >= 11 is 0.